The summed E-state index contributed by atoms with van der Waals surface area (Å²) in [7, 11) is -0.523. The summed E-state index contributed by atoms with van der Waals surface area (Å²) < 4.78 is 19.1. The molecule has 0 bridgehead atoms. The number of hydroxylamine groups is 2. The molecule has 2 aromatic heterocycles. The van der Waals surface area contributed by atoms with Gasteiger partial charge in [0, 0.05) is 44.4 Å². The maximum absolute atomic E-state index is 11.1. The van der Waals surface area contributed by atoms with E-state index in [0.717, 1.165) is 34.5 Å². The first-order valence-electron chi connectivity index (χ1n) is 28.4. The molecule has 1 saturated heterocycles. The largest absolute Gasteiger partial charge is 0.507 e. The number of aliphatic hydroxyl groups excluding tert-OH is 2. The van der Waals surface area contributed by atoms with Crippen LogP contribution in [0.25, 0.3) is 0 Å². The Hall–Kier alpha value is -6.86. The molecule has 4 aliphatic heterocycles. The molecule has 1 amide bonds. The summed E-state index contributed by atoms with van der Waals surface area (Å²) >= 11 is 0. The number of furan rings is 1. The van der Waals surface area contributed by atoms with E-state index < -0.39 is 17.1 Å². The van der Waals surface area contributed by atoms with Crippen LogP contribution in [0, 0.1) is 40.9 Å². The van der Waals surface area contributed by atoms with Crippen molar-refractivity contribution >= 4 is 40.2 Å². The van der Waals surface area contributed by atoms with E-state index in [2.05, 4.69) is 213 Å². The first-order chi connectivity index (χ1) is 38.1. The Morgan fingerprint density at radius 1 is 0.635 bits per heavy atom. The van der Waals surface area contributed by atoms with Crippen LogP contribution in [-0.4, -0.2) is 71.9 Å². The molecule has 1 fully saturated rings. The average Bonchev–Trinajstić information content (AvgIpc) is 4.17. The Balaban J connectivity index is 0.000000486. The fourth-order valence-corrected chi connectivity index (χ4v) is 8.35. The van der Waals surface area contributed by atoms with Gasteiger partial charge < -0.3 is 34.6 Å². The first kappa shape index (κ1) is 76.2. The standard InChI is InChI=1S/C11H16.C10H17NO.C9H12O2.C8H13NO2.C8H12O2.C7H13N3.C7H12N2O.C6H12N2OS/c1-9-5-7-10(8-6-9)11(2,3)4;1-6-8(10(3,4)5)9(12)7(2)11-6;1-5-7(10)6(8(5)11)9(2,3)4;1-5-9-7(10)6(11-5)8(2,3)4;1-8(2,3)6-4-10-5-7(6)9;1-5-8-6(10-9-5)7(2,3)4;1-5-8-6(9-10-5)7(2,3)4;1-6(2,3)5-7-9-10(4)8-5/h5-8H,1-4H3;6,11-12H,2H2,1,3-5H3;10H,1H2,2-4H3;6H,1H2,2-4H3,(H,9,10);4-5,9H,1-3H3;1-4H3,(H,8,9,10);1H2,2-4H3,(H,8,9);4H2,1-3H3,(H,7,8). The van der Waals surface area contributed by atoms with Gasteiger partial charge in [-0.3, -0.25) is 20.0 Å². The predicted molar refractivity (Wildman–Crippen MR) is 351 cm³/mol. The Kier molecular flexibility index (Phi) is 26.4. The maximum atomic E-state index is 11.1. The third-order valence-corrected chi connectivity index (χ3v) is 13.1. The quantitative estimate of drug-likeness (QED) is 0.0770. The van der Waals surface area contributed by atoms with E-state index in [1.165, 1.54) is 17.4 Å². The summed E-state index contributed by atoms with van der Waals surface area (Å²) in [5, 5.41) is 40.6. The summed E-state index contributed by atoms with van der Waals surface area (Å²) in [6.07, 6.45) is 2.53. The lowest BCUT2D eigenvalue weighted by Gasteiger charge is -2.30. The number of amidine groups is 2. The molecule has 8 rings (SSSR count). The average molecular weight is 1200 g/mol. The van der Waals surface area contributed by atoms with E-state index in [9.17, 15) is 24.9 Å². The van der Waals surface area contributed by atoms with Crippen molar-refractivity contribution in [3.05, 3.63) is 137 Å². The normalized spacial score (nSPS) is 18.6. The molecule has 19 heteroatoms. The second-order valence-electron chi connectivity index (χ2n) is 29.5. The lowest BCUT2D eigenvalue weighted by atomic mass is 9.73. The van der Waals surface area contributed by atoms with Crippen LogP contribution in [0.1, 0.15) is 201 Å². The highest BCUT2D eigenvalue weighted by atomic mass is 32.2. The van der Waals surface area contributed by atoms with Crippen LogP contribution in [0.4, 0.5) is 0 Å². The molecule has 0 saturated carbocycles. The number of ketones is 1. The zero-order chi connectivity index (χ0) is 66.6. The number of allylic oxidation sites excluding steroid dienone is 2. The molecule has 18 nitrogen and oxygen atoms in total. The molecule has 5 aliphatic rings. The lowest BCUT2D eigenvalue weighted by Crippen LogP contribution is -2.34. The summed E-state index contributed by atoms with van der Waals surface area (Å²) in [5.74, 6) is 8.39. The van der Waals surface area contributed by atoms with Crippen molar-refractivity contribution in [2.24, 2.45) is 36.5 Å². The number of aromatic hydroxyl groups is 1. The highest BCUT2D eigenvalue weighted by Crippen LogP contribution is 2.40. The van der Waals surface area contributed by atoms with Crippen molar-refractivity contribution in [3.63, 3.8) is 0 Å². The van der Waals surface area contributed by atoms with E-state index in [1.807, 2.05) is 76.2 Å². The van der Waals surface area contributed by atoms with Gasteiger partial charge in [0.2, 0.25) is 5.88 Å². The zero-order valence-electron chi connectivity index (χ0n) is 56.6. The number of Topliss-reactive ketones (excluding diaryl/α,β-unsaturated/α-hetero) is 1. The van der Waals surface area contributed by atoms with Gasteiger partial charge in [0.05, 0.1) is 28.5 Å². The van der Waals surface area contributed by atoms with Crippen LogP contribution in [0.3, 0.4) is 0 Å². The molecule has 8 N–H and O–H groups in total. The van der Waals surface area contributed by atoms with Crippen molar-refractivity contribution in [1.29, 1.82) is 0 Å². The van der Waals surface area contributed by atoms with E-state index in [4.69, 9.17) is 18.3 Å². The van der Waals surface area contributed by atoms with Crippen LogP contribution in [0.5, 0.6) is 5.75 Å². The van der Waals surface area contributed by atoms with Crippen molar-refractivity contribution in [2.45, 2.75) is 215 Å². The first-order valence-corrected chi connectivity index (χ1v) is 29.6. The molecular weight excluding hydrogens is 1090 g/mol. The molecule has 0 spiro atoms. The minimum Gasteiger partial charge on any atom is -0.507 e. The molecule has 3 aromatic rings. The number of aryl methyl sites for hydroxylation is 2. The Morgan fingerprint density at radius 3 is 1.38 bits per heavy atom. The molecule has 3 atom stereocenters. The van der Waals surface area contributed by atoms with E-state index >= 15 is 0 Å². The van der Waals surface area contributed by atoms with Gasteiger partial charge >= 0.3 is 0 Å². The van der Waals surface area contributed by atoms with Crippen LogP contribution in [-0.2, 0) is 39.7 Å². The third kappa shape index (κ3) is 24.9. The Labute approximate surface area is 512 Å². The number of ether oxygens (including phenoxy) is 1. The van der Waals surface area contributed by atoms with Gasteiger partial charge in [0.25, 0.3) is 5.91 Å². The molecule has 1 aromatic carbocycles. The van der Waals surface area contributed by atoms with Gasteiger partial charge in [-0.05, 0) is 67.0 Å². The molecule has 0 radical (unpaired) electrons. The molecule has 476 valence electrons. The molecule has 3 unspecified atom stereocenters. The highest BCUT2D eigenvalue weighted by molar-refractivity contribution is 8.09. The van der Waals surface area contributed by atoms with E-state index in [-0.39, 0.29) is 78.1 Å². The number of nitrogens with zero attached hydrogens (tertiary/aromatic N) is 4. The van der Waals surface area contributed by atoms with Gasteiger partial charge in [-0.1, -0.05) is 209 Å². The summed E-state index contributed by atoms with van der Waals surface area (Å²) in [6, 6.07) is 8.95. The van der Waals surface area contributed by atoms with Gasteiger partial charge in [0.1, 0.15) is 35.3 Å². The number of aromatic nitrogens is 3. The molecule has 85 heavy (non-hydrogen) atoms. The summed E-state index contributed by atoms with van der Waals surface area (Å²) in [4.78, 5) is 35.3. The van der Waals surface area contributed by atoms with Crippen LogP contribution < -0.4 is 21.6 Å². The smallest absolute Gasteiger partial charge is 0.268 e. The number of hydrogen-bond acceptors (Lipinski definition) is 16. The SMILES string of the molecule is C=C1C(=O)C(C(C)(C)C)=C1O.C=C1N=C(C(C)(C)C)NO1.C=C1NC(=O)C(C(C)(C)C)O1.C=C1NC(C)C(C(C)(C)C)=C1O.C=S1N=C(C(C)(C)C)NO1.CC(C)(C)c1cocc1O.Cc1ccc(C(C)(C)C)cc1.Cc1nc(C(C)(C)C)n[nH]1. The molecule has 1 aliphatic carbocycles. The minimum absolute atomic E-state index is 0.00986. The lowest BCUT2D eigenvalue weighted by molar-refractivity contribution is -0.127. The number of H-pyrrole nitrogens is 1. The number of benzene rings is 1. The molecule has 6 heterocycles. The number of hydrogen-bond donors (Lipinski definition) is 8. The number of nitrogens with one attached hydrogen (secondary N) is 5. The number of amides is 1. The van der Waals surface area contributed by atoms with Crippen molar-refractivity contribution in [3.8, 4) is 5.75 Å². The Morgan fingerprint density at radius 2 is 1.16 bits per heavy atom. The second-order valence-corrected chi connectivity index (χ2v) is 30.4. The summed E-state index contributed by atoms with van der Waals surface area (Å²) in [5.41, 5.74) is 11.4. The number of rotatable bonds is 0. The van der Waals surface area contributed by atoms with E-state index in [1.54, 1.807) is 6.26 Å². The number of aromatic amines is 1. The highest BCUT2D eigenvalue weighted by Gasteiger charge is 2.40. The third-order valence-electron chi connectivity index (χ3n) is 12.5. The minimum atomic E-state index is -0.523. The number of aliphatic imine (C=N–C) groups is 1. The fraction of sp³-hybridized carbons (Fsp3) is 0.561. The summed E-state index contributed by atoms with van der Waals surface area (Å²) in [6.45, 7) is 69.5. The number of aliphatic hydroxyl groups is 2. The molecular formula is C66H107N9O9S. The van der Waals surface area contributed by atoms with Crippen LogP contribution in [0.2, 0.25) is 0 Å². The van der Waals surface area contributed by atoms with Gasteiger partial charge in [-0.25, -0.2) is 15.9 Å². The van der Waals surface area contributed by atoms with Gasteiger partial charge in [-0.15, -0.1) is 0 Å². The van der Waals surface area contributed by atoms with Crippen molar-refractivity contribution < 1.29 is 43.2 Å². The number of carbonyl (C=O) groups is 2. The van der Waals surface area contributed by atoms with Crippen molar-refractivity contribution in [1.82, 2.24) is 36.8 Å². The zero-order valence-corrected chi connectivity index (χ0v) is 57.5. The number of carbonyl (C=O) groups excluding carboxylic acids is 2. The Bertz CT molecular complexity index is 2930. The van der Waals surface area contributed by atoms with Crippen molar-refractivity contribution in [2.75, 3.05) is 0 Å². The topological polar surface area (TPSA) is 250 Å². The predicted octanol–water partition coefficient (Wildman–Crippen LogP) is 15.3. The van der Waals surface area contributed by atoms with Gasteiger partial charge in [0.15, 0.2) is 29.3 Å². The maximum Gasteiger partial charge on any atom is 0.268 e. The van der Waals surface area contributed by atoms with Crippen LogP contribution >= 0.6 is 11.0 Å². The van der Waals surface area contributed by atoms with E-state index in [0.29, 0.717) is 28.8 Å². The monoisotopic (exact) mass is 1200 g/mol. The fourth-order valence-electron chi connectivity index (χ4n) is 7.62. The van der Waals surface area contributed by atoms with Gasteiger partial charge in [-0.2, -0.15) is 18.8 Å². The second kappa shape index (κ2) is 29.5. The van der Waals surface area contributed by atoms with Crippen LogP contribution in [0.15, 0.2) is 123 Å².